The van der Waals surface area contributed by atoms with Gasteiger partial charge in [-0.15, -0.1) is 0 Å². The third-order valence-electron chi connectivity index (χ3n) is 5.68. The van der Waals surface area contributed by atoms with Gasteiger partial charge in [-0.05, 0) is 51.7 Å². The van der Waals surface area contributed by atoms with Gasteiger partial charge < -0.3 is 23.7 Å². The molecule has 0 radical (unpaired) electrons. The highest BCUT2D eigenvalue weighted by Gasteiger charge is 2.47. The van der Waals surface area contributed by atoms with E-state index < -0.39 is 0 Å². The van der Waals surface area contributed by atoms with Crippen molar-refractivity contribution >= 4 is 0 Å². The predicted octanol–water partition coefficient (Wildman–Crippen LogP) is 4.25. The minimum Gasteiger partial charge on any atom is -0.493 e. The van der Waals surface area contributed by atoms with E-state index in [0.29, 0.717) is 30.5 Å². The molecule has 0 amide bonds. The molecule has 6 nitrogen and oxygen atoms in total. The maximum Gasteiger partial charge on any atom is 0.203 e. The third-order valence-corrected chi connectivity index (χ3v) is 5.68. The van der Waals surface area contributed by atoms with Gasteiger partial charge in [0, 0.05) is 12.0 Å². The summed E-state index contributed by atoms with van der Waals surface area (Å²) >= 11 is 0. The topological polar surface area (TPSA) is 49.4 Å². The molecule has 3 rings (SSSR count). The molecule has 6 heteroatoms. The molecular weight excluding hydrogens is 382 g/mol. The third kappa shape index (κ3) is 4.20. The lowest BCUT2D eigenvalue weighted by Gasteiger charge is -2.49. The fraction of sp³-hybridized carbons (Fsp3) is 0.500. The number of nitrogens with zero attached hydrogens (tertiary/aromatic N) is 1. The van der Waals surface area contributed by atoms with Crippen molar-refractivity contribution in [3.8, 4) is 23.0 Å². The van der Waals surface area contributed by atoms with Gasteiger partial charge in [0.15, 0.2) is 11.5 Å². The molecule has 1 aliphatic rings. The molecule has 0 fully saturated rings. The average Bonchev–Trinajstić information content (AvgIpc) is 2.71. The Bertz CT molecular complexity index is 855. The van der Waals surface area contributed by atoms with Gasteiger partial charge >= 0.3 is 0 Å². The van der Waals surface area contributed by atoms with Gasteiger partial charge in [0.1, 0.15) is 11.4 Å². The zero-order valence-corrected chi connectivity index (χ0v) is 19.1. The highest BCUT2D eigenvalue weighted by atomic mass is 16.5. The zero-order valence-electron chi connectivity index (χ0n) is 19.1. The van der Waals surface area contributed by atoms with E-state index in [2.05, 4.69) is 45.0 Å². The smallest absolute Gasteiger partial charge is 0.203 e. The van der Waals surface area contributed by atoms with E-state index in [4.69, 9.17) is 23.7 Å². The molecule has 0 bridgehead atoms. The van der Waals surface area contributed by atoms with E-state index in [1.807, 2.05) is 24.3 Å². The number of benzene rings is 2. The summed E-state index contributed by atoms with van der Waals surface area (Å²) in [6.45, 7) is 5.21. The summed E-state index contributed by atoms with van der Waals surface area (Å²) in [5.41, 5.74) is 1.52. The highest BCUT2D eigenvalue weighted by Crippen LogP contribution is 2.46. The average molecular weight is 416 g/mol. The minimum atomic E-state index is -0.297. The number of likely N-dealkylation sites (N-methyl/N-ethyl adjacent to an activating group) is 1. The molecule has 1 aliphatic heterocycles. The monoisotopic (exact) mass is 415 g/mol. The van der Waals surface area contributed by atoms with Crippen molar-refractivity contribution < 1.29 is 23.7 Å². The SMILES string of the molecule is COc1cc(COCC2(N(C)C)CC(C)(C)Oc3ccccc32)cc(OC)c1OC. The number of para-hydroxylation sites is 1. The summed E-state index contributed by atoms with van der Waals surface area (Å²) < 4.78 is 28.9. The van der Waals surface area contributed by atoms with Gasteiger partial charge in [-0.3, -0.25) is 4.90 Å². The standard InChI is InChI=1S/C24H33NO5/c1-23(2)15-24(25(3)4,18-10-8-9-11-19(18)30-23)16-29-14-17-12-20(26-5)22(28-7)21(13-17)27-6/h8-13H,14-16H2,1-7H3. The Balaban J connectivity index is 1.87. The lowest BCUT2D eigenvalue weighted by Crippen LogP contribution is -2.54. The molecule has 1 heterocycles. The second-order valence-corrected chi connectivity index (χ2v) is 8.49. The van der Waals surface area contributed by atoms with Crippen LogP contribution in [0.4, 0.5) is 0 Å². The Morgan fingerprint density at radius 1 is 0.967 bits per heavy atom. The van der Waals surface area contributed by atoms with Crippen LogP contribution in [0.2, 0.25) is 0 Å². The van der Waals surface area contributed by atoms with Crippen LogP contribution in [-0.2, 0) is 16.9 Å². The molecule has 0 saturated heterocycles. The maximum absolute atomic E-state index is 6.30. The van der Waals surface area contributed by atoms with Gasteiger partial charge in [0.2, 0.25) is 5.75 Å². The summed E-state index contributed by atoms with van der Waals surface area (Å²) in [4.78, 5) is 2.24. The quantitative estimate of drug-likeness (QED) is 0.643. The number of hydrogen-bond acceptors (Lipinski definition) is 6. The van der Waals surface area contributed by atoms with Crippen LogP contribution >= 0.6 is 0 Å². The number of hydrogen-bond donors (Lipinski definition) is 0. The Morgan fingerprint density at radius 2 is 1.60 bits per heavy atom. The molecule has 2 aromatic rings. The largest absolute Gasteiger partial charge is 0.493 e. The first-order chi connectivity index (χ1) is 14.3. The summed E-state index contributed by atoms with van der Waals surface area (Å²) in [5.74, 6) is 2.73. The van der Waals surface area contributed by atoms with E-state index >= 15 is 0 Å². The van der Waals surface area contributed by atoms with E-state index in [0.717, 1.165) is 23.3 Å². The first kappa shape index (κ1) is 22.2. The van der Waals surface area contributed by atoms with E-state index in [1.54, 1.807) is 21.3 Å². The Kier molecular flexibility index (Phi) is 6.48. The highest BCUT2D eigenvalue weighted by molar-refractivity contribution is 5.53. The Morgan fingerprint density at radius 3 is 2.17 bits per heavy atom. The van der Waals surface area contributed by atoms with Crippen LogP contribution in [0, 0.1) is 0 Å². The van der Waals surface area contributed by atoms with E-state index in [9.17, 15) is 0 Å². The van der Waals surface area contributed by atoms with Crippen molar-refractivity contribution in [2.24, 2.45) is 0 Å². The van der Waals surface area contributed by atoms with Crippen LogP contribution in [0.3, 0.4) is 0 Å². The van der Waals surface area contributed by atoms with Crippen molar-refractivity contribution in [3.63, 3.8) is 0 Å². The van der Waals surface area contributed by atoms with Crippen LogP contribution in [0.25, 0.3) is 0 Å². The lowest BCUT2D eigenvalue weighted by atomic mass is 9.77. The summed E-state index contributed by atoms with van der Waals surface area (Å²) in [7, 11) is 9.03. The molecule has 0 spiro atoms. The summed E-state index contributed by atoms with van der Waals surface area (Å²) in [6.07, 6.45) is 0.819. The van der Waals surface area contributed by atoms with Gasteiger partial charge in [-0.1, -0.05) is 18.2 Å². The summed E-state index contributed by atoms with van der Waals surface area (Å²) in [6, 6.07) is 12.1. The van der Waals surface area contributed by atoms with E-state index in [-0.39, 0.29) is 11.1 Å². The first-order valence-corrected chi connectivity index (χ1v) is 10.1. The fourth-order valence-electron chi connectivity index (χ4n) is 4.29. The van der Waals surface area contributed by atoms with Crippen molar-refractivity contribution in [2.45, 2.75) is 38.0 Å². The molecular formula is C24H33NO5. The molecule has 0 saturated carbocycles. The second kappa shape index (κ2) is 8.74. The van der Waals surface area contributed by atoms with Gasteiger partial charge in [0.25, 0.3) is 0 Å². The first-order valence-electron chi connectivity index (χ1n) is 10.1. The maximum atomic E-state index is 6.30. The van der Waals surface area contributed by atoms with E-state index in [1.165, 1.54) is 0 Å². The van der Waals surface area contributed by atoms with Crippen molar-refractivity contribution in [1.29, 1.82) is 0 Å². The van der Waals surface area contributed by atoms with Crippen LogP contribution < -0.4 is 18.9 Å². The number of fused-ring (bicyclic) bond motifs is 1. The normalized spacial score (nSPS) is 19.7. The fourth-order valence-corrected chi connectivity index (χ4v) is 4.29. The summed E-state index contributed by atoms with van der Waals surface area (Å²) in [5, 5.41) is 0. The molecule has 2 aromatic carbocycles. The van der Waals surface area contributed by atoms with Crippen molar-refractivity contribution in [2.75, 3.05) is 42.0 Å². The van der Waals surface area contributed by atoms with Gasteiger partial charge in [0.05, 0.1) is 40.1 Å². The molecule has 164 valence electrons. The van der Waals surface area contributed by atoms with Crippen LogP contribution in [0.15, 0.2) is 36.4 Å². The van der Waals surface area contributed by atoms with Crippen LogP contribution in [0.1, 0.15) is 31.4 Å². The molecule has 0 N–H and O–H groups in total. The molecule has 1 unspecified atom stereocenters. The Hall–Kier alpha value is -2.44. The minimum absolute atomic E-state index is 0.293. The predicted molar refractivity (Wildman–Crippen MR) is 117 cm³/mol. The van der Waals surface area contributed by atoms with Gasteiger partial charge in [-0.25, -0.2) is 0 Å². The van der Waals surface area contributed by atoms with Gasteiger partial charge in [-0.2, -0.15) is 0 Å². The second-order valence-electron chi connectivity index (χ2n) is 8.49. The molecule has 1 atom stereocenters. The number of methoxy groups -OCH3 is 3. The molecule has 30 heavy (non-hydrogen) atoms. The number of rotatable bonds is 8. The molecule has 0 aliphatic carbocycles. The lowest BCUT2D eigenvalue weighted by molar-refractivity contribution is -0.0610. The Labute approximate surface area is 179 Å². The molecule has 0 aromatic heterocycles. The van der Waals surface area contributed by atoms with Crippen molar-refractivity contribution in [1.82, 2.24) is 4.90 Å². The van der Waals surface area contributed by atoms with Crippen LogP contribution in [-0.4, -0.2) is 52.5 Å². The zero-order chi connectivity index (χ0) is 21.9. The van der Waals surface area contributed by atoms with Crippen LogP contribution in [0.5, 0.6) is 23.0 Å². The number of ether oxygens (including phenoxy) is 5. The van der Waals surface area contributed by atoms with Crippen molar-refractivity contribution in [3.05, 3.63) is 47.5 Å².